The standard InChI is InChI=1S/C26H29FN6O2/c1-5-18(9-6-15(2)17-7-8-17)32-21-11-10-19(24(27)33-21)23(34)20-12-28-25-22(20)26(30-14-29-25)31-16(3)13-35-4/h5-6,9-12,14,16-17H,2,7-8,13H2,1,3-4H3,(H,32,33)(H2,28,29,30,31)/b9-6-,18-5+/t16-/m1/s1. The maximum absolute atomic E-state index is 15.0. The molecule has 0 aromatic carbocycles. The number of methoxy groups -OCH3 is 1. The van der Waals surface area contributed by atoms with Crippen molar-refractivity contribution in [3.63, 3.8) is 0 Å². The number of halogens is 1. The number of aromatic nitrogens is 4. The van der Waals surface area contributed by atoms with Crippen molar-refractivity contribution in [1.29, 1.82) is 0 Å². The van der Waals surface area contributed by atoms with Gasteiger partial charge in [0.2, 0.25) is 5.95 Å². The number of fused-ring (bicyclic) bond motifs is 1. The highest BCUT2D eigenvalue weighted by molar-refractivity contribution is 6.18. The van der Waals surface area contributed by atoms with Crippen LogP contribution in [0.1, 0.15) is 42.6 Å². The molecule has 9 heteroatoms. The summed E-state index contributed by atoms with van der Waals surface area (Å²) in [5.74, 6) is -0.0498. The van der Waals surface area contributed by atoms with Gasteiger partial charge < -0.3 is 20.4 Å². The molecule has 1 aliphatic rings. The number of carbonyl (C=O) groups is 1. The molecule has 1 saturated carbocycles. The Morgan fingerprint density at radius 2 is 2.11 bits per heavy atom. The van der Waals surface area contributed by atoms with Gasteiger partial charge in [-0.2, -0.15) is 4.39 Å². The van der Waals surface area contributed by atoms with Crippen LogP contribution < -0.4 is 10.6 Å². The van der Waals surface area contributed by atoms with E-state index in [9.17, 15) is 9.18 Å². The summed E-state index contributed by atoms with van der Waals surface area (Å²) in [7, 11) is 1.60. The Kier molecular flexibility index (Phi) is 7.36. The molecule has 0 amide bonds. The lowest BCUT2D eigenvalue weighted by Crippen LogP contribution is -2.22. The lowest BCUT2D eigenvalue weighted by atomic mass is 10.0. The highest BCUT2D eigenvalue weighted by Crippen LogP contribution is 2.36. The molecule has 3 aromatic heterocycles. The zero-order valence-corrected chi connectivity index (χ0v) is 20.1. The minimum absolute atomic E-state index is 0.0592. The fourth-order valence-corrected chi connectivity index (χ4v) is 3.74. The minimum atomic E-state index is -0.865. The zero-order valence-electron chi connectivity index (χ0n) is 20.1. The number of ether oxygens (including phenoxy) is 1. The summed E-state index contributed by atoms with van der Waals surface area (Å²) in [5.41, 5.74) is 2.42. The van der Waals surface area contributed by atoms with Gasteiger partial charge in [0.1, 0.15) is 23.6 Å². The van der Waals surface area contributed by atoms with Gasteiger partial charge in [-0.3, -0.25) is 4.79 Å². The van der Waals surface area contributed by atoms with Gasteiger partial charge in [0, 0.05) is 25.0 Å². The van der Waals surface area contributed by atoms with Crippen molar-refractivity contribution in [1.82, 2.24) is 19.9 Å². The van der Waals surface area contributed by atoms with E-state index >= 15 is 0 Å². The highest BCUT2D eigenvalue weighted by Gasteiger charge is 2.23. The number of carbonyl (C=O) groups excluding carboxylic acids is 1. The third-order valence-electron chi connectivity index (χ3n) is 5.77. The molecule has 182 valence electrons. The maximum Gasteiger partial charge on any atom is 0.226 e. The van der Waals surface area contributed by atoms with E-state index in [-0.39, 0.29) is 17.2 Å². The molecule has 3 N–H and O–H groups in total. The second-order valence-electron chi connectivity index (χ2n) is 8.56. The average molecular weight is 477 g/mol. The molecule has 35 heavy (non-hydrogen) atoms. The molecule has 3 aromatic rings. The molecular formula is C26H29FN6O2. The van der Waals surface area contributed by atoms with Gasteiger partial charge in [-0.15, -0.1) is 0 Å². The van der Waals surface area contributed by atoms with Gasteiger partial charge in [0.05, 0.1) is 23.1 Å². The monoisotopic (exact) mass is 476 g/mol. The predicted octanol–water partition coefficient (Wildman–Crippen LogP) is 5.01. The van der Waals surface area contributed by atoms with E-state index in [1.165, 1.54) is 31.4 Å². The number of hydrogen-bond acceptors (Lipinski definition) is 7. The molecule has 1 aliphatic carbocycles. The number of allylic oxidation sites excluding steroid dienone is 4. The van der Waals surface area contributed by atoms with E-state index in [1.54, 1.807) is 13.2 Å². The van der Waals surface area contributed by atoms with Crippen LogP contribution in [0, 0.1) is 11.9 Å². The normalized spacial score (nSPS) is 14.9. The summed E-state index contributed by atoms with van der Waals surface area (Å²) in [5, 5.41) is 6.78. The van der Waals surface area contributed by atoms with Gasteiger partial charge in [0.25, 0.3) is 0 Å². The molecular weight excluding hydrogens is 447 g/mol. The van der Waals surface area contributed by atoms with Crippen LogP contribution in [0.4, 0.5) is 16.0 Å². The van der Waals surface area contributed by atoms with Crippen LogP contribution in [0.25, 0.3) is 11.0 Å². The number of nitrogens with zero attached hydrogens (tertiary/aromatic N) is 3. The van der Waals surface area contributed by atoms with Crippen LogP contribution in [-0.2, 0) is 4.74 Å². The largest absolute Gasteiger partial charge is 0.383 e. The van der Waals surface area contributed by atoms with Crippen molar-refractivity contribution < 1.29 is 13.9 Å². The molecule has 1 fully saturated rings. The van der Waals surface area contributed by atoms with E-state index in [0.29, 0.717) is 35.2 Å². The van der Waals surface area contributed by atoms with Crippen LogP contribution in [0.15, 0.2) is 60.7 Å². The Labute approximate surface area is 203 Å². The van der Waals surface area contributed by atoms with Crippen LogP contribution in [0.3, 0.4) is 0 Å². The summed E-state index contributed by atoms with van der Waals surface area (Å²) in [6, 6.07) is 2.95. The second kappa shape index (κ2) is 10.6. The van der Waals surface area contributed by atoms with E-state index in [2.05, 4.69) is 37.1 Å². The summed E-state index contributed by atoms with van der Waals surface area (Å²) in [6.07, 6.45) is 11.0. The Hall–Kier alpha value is -3.85. The molecule has 3 heterocycles. The Balaban J connectivity index is 1.56. The van der Waals surface area contributed by atoms with Crippen LogP contribution in [0.5, 0.6) is 0 Å². The summed E-state index contributed by atoms with van der Waals surface area (Å²) >= 11 is 0. The zero-order chi connectivity index (χ0) is 24.9. The minimum Gasteiger partial charge on any atom is -0.383 e. The maximum atomic E-state index is 15.0. The van der Waals surface area contributed by atoms with Crippen molar-refractivity contribution in [2.24, 2.45) is 5.92 Å². The van der Waals surface area contributed by atoms with Crippen molar-refractivity contribution in [3.8, 4) is 0 Å². The summed E-state index contributed by atoms with van der Waals surface area (Å²) < 4.78 is 20.2. The number of aromatic amines is 1. The highest BCUT2D eigenvalue weighted by atomic mass is 19.1. The number of hydrogen-bond donors (Lipinski definition) is 3. The number of H-pyrrole nitrogens is 1. The van der Waals surface area contributed by atoms with E-state index in [1.807, 2.05) is 32.1 Å². The van der Waals surface area contributed by atoms with Gasteiger partial charge in [-0.25, -0.2) is 15.0 Å². The summed E-state index contributed by atoms with van der Waals surface area (Å²) in [4.78, 5) is 28.7. The number of rotatable bonds is 11. The Bertz CT molecular complexity index is 1310. The lowest BCUT2D eigenvalue weighted by Gasteiger charge is -2.14. The van der Waals surface area contributed by atoms with Crippen LogP contribution >= 0.6 is 0 Å². The first-order valence-corrected chi connectivity index (χ1v) is 11.5. The molecule has 4 rings (SSSR count). The van der Waals surface area contributed by atoms with Gasteiger partial charge in [-0.1, -0.05) is 24.3 Å². The number of pyridine rings is 1. The Morgan fingerprint density at radius 1 is 1.31 bits per heavy atom. The predicted molar refractivity (Wildman–Crippen MR) is 135 cm³/mol. The topological polar surface area (TPSA) is 105 Å². The van der Waals surface area contributed by atoms with Gasteiger partial charge in [-0.05, 0) is 50.8 Å². The first-order valence-electron chi connectivity index (χ1n) is 11.5. The van der Waals surface area contributed by atoms with Crippen molar-refractivity contribution in [2.75, 3.05) is 24.4 Å². The molecule has 0 aliphatic heterocycles. The van der Waals surface area contributed by atoms with E-state index in [0.717, 1.165) is 11.3 Å². The van der Waals surface area contributed by atoms with Crippen LogP contribution in [0.2, 0.25) is 0 Å². The van der Waals surface area contributed by atoms with Crippen molar-refractivity contribution in [3.05, 3.63) is 77.8 Å². The molecule has 1 atom stereocenters. The number of anilines is 2. The first kappa shape index (κ1) is 24.3. The third kappa shape index (κ3) is 5.63. The SMILES string of the molecule is C=C(/C=C\C(=C/C)Nc1ccc(C(=O)c2c[nH]c3ncnc(N[C@H](C)COC)c23)c(F)n1)C1CC1. The summed E-state index contributed by atoms with van der Waals surface area (Å²) in [6.45, 7) is 8.33. The Morgan fingerprint density at radius 3 is 2.80 bits per heavy atom. The van der Waals surface area contributed by atoms with Crippen molar-refractivity contribution >= 4 is 28.5 Å². The van der Waals surface area contributed by atoms with E-state index in [4.69, 9.17) is 4.74 Å². The van der Waals surface area contributed by atoms with Gasteiger partial charge in [0.15, 0.2) is 5.78 Å². The first-order chi connectivity index (χ1) is 16.9. The quantitative estimate of drug-likeness (QED) is 0.203. The van der Waals surface area contributed by atoms with Crippen molar-refractivity contribution in [2.45, 2.75) is 32.7 Å². The second-order valence-corrected chi connectivity index (χ2v) is 8.56. The molecule has 0 saturated heterocycles. The van der Waals surface area contributed by atoms with Gasteiger partial charge >= 0.3 is 0 Å². The third-order valence-corrected chi connectivity index (χ3v) is 5.77. The number of nitrogens with one attached hydrogen (secondary N) is 3. The average Bonchev–Trinajstić information content (AvgIpc) is 3.60. The molecule has 0 radical (unpaired) electrons. The fraction of sp³-hybridized carbons (Fsp3) is 0.308. The molecule has 8 nitrogen and oxygen atoms in total. The molecule has 0 spiro atoms. The fourth-order valence-electron chi connectivity index (χ4n) is 3.74. The smallest absolute Gasteiger partial charge is 0.226 e. The lowest BCUT2D eigenvalue weighted by molar-refractivity contribution is 0.103. The number of ketones is 1. The molecule has 0 unspecified atom stereocenters. The van der Waals surface area contributed by atoms with Crippen LogP contribution in [-0.4, -0.2) is 45.5 Å². The molecule has 0 bridgehead atoms. The van der Waals surface area contributed by atoms with E-state index < -0.39 is 11.7 Å².